The van der Waals surface area contributed by atoms with Gasteiger partial charge in [0.15, 0.2) is 0 Å². The molecule has 1 aromatic heterocycles. The van der Waals surface area contributed by atoms with Crippen LogP contribution in [-0.4, -0.2) is 5.11 Å². The van der Waals surface area contributed by atoms with Gasteiger partial charge in [-0.15, -0.1) is 11.3 Å². The first-order chi connectivity index (χ1) is 9.11. The molecule has 104 valence electrons. The minimum atomic E-state index is -0.186. The number of hydrogen-bond donors (Lipinski definition) is 1. The van der Waals surface area contributed by atoms with E-state index < -0.39 is 0 Å². The van der Waals surface area contributed by atoms with Crippen LogP contribution in [0.4, 0.5) is 0 Å². The van der Waals surface area contributed by atoms with Crippen molar-refractivity contribution in [3.05, 3.63) is 21.4 Å². The Balaban J connectivity index is 1.63. The molecule has 4 fully saturated rings. The normalized spacial score (nSPS) is 41.7. The van der Waals surface area contributed by atoms with Crippen molar-refractivity contribution in [3.63, 3.8) is 0 Å². The van der Waals surface area contributed by atoms with Crippen LogP contribution in [0.25, 0.3) is 0 Å². The van der Waals surface area contributed by atoms with Gasteiger partial charge in [0.1, 0.15) is 0 Å². The minimum absolute atomic E-state index is 0.186. The maximum absolute atomic E-state index is 11.0. The van der Waals surface area contributed by atoms with Crippen molar-refractivity contribution in [1.82, 2.24) is 0 Å². The molecule has 4 saturated carbocycles. The third kappa shape index (κ3) is 1.91. The van der Waals surface area contributed by atoms with Gasteiger partial charge in [0.2, 0.25) is 0 Å². The molecule has 0 spiro atoms. The van der Waals surface area contributed by atoms with Crippen molar-refractivity contribution in [2.45, 2.75) is 52.1 Å². The summed E-state index contributed by atoms with van der Waals surface area (Å²) in [6.07, 6.45) is 6.91. The number of aliphatic hydroxyl groups excluding tert-OH is 1. The maximum atomic E-state index is 11.0. The van der Waals surface area contributed by atoms with E-state index in [1.54, 1.807) is 0 Å². The Labute approximate surface area is 120 Å². The van der Waals surface area contributed by atoms with Crippen LogP contribution in [0, 0.1) is 43.4 Å². The SMILES string of the molecule is Cc1cc(C)c(C(O)C2C3CC4CC(C3)CC2C4)s1. The Morgan fingerprint density at radius 3 is 2.11 bits per heavy atom. The van der Waals surface area contributed by atoms with Gasteiger partial charge in [0.25, 0.3) is 0 Å². The molecule has 0 aliphatic heterocycles. The van der Waals surface area contributed by atoms with Crippen molar-refractivity contribution in [2.75, 3.05) is 0 Å². The average Bonchev–Trinajstić information content (AvgIpc) is 2.66. The Bertz CT molecular complexity index is 461. The van der Waals surface area contributed by atoms with Crippen molar-refractivity contribution >= 4 is 11.3 Å². The molecule has 1 nitrogen and oxygen atoms in total. The summed E-state index contributed by atoms with van der Waals surface area (Å²) in [5.41, 5.74) is 1.31. The molecule has 0 radical (unpaired) electrons. The zero-order chi connectivity index (χ0) is 13.1. The molecule has 1 aromatic rings. The van der Waals surface area contributed by atoms with Gasteiger partial charge in [-0.2, -0.15) is 0 Å². The lowest BCUT2D eigenvalue weighted by atomic mass is 9.51. The summed E-state index contributed by atoms with van der Waals surface area (Å²) >= 11 is 1.82. The highest BCUT2D eigenvalue weighted by Crippen LogP contribution is 2.59. The van der Waals surface area contributed by atoms with E-state index in [4.69, 9.17) is 0 Å². The first kappa shape index (κ1) is 12.4. The summed E-state index contributed by atoms with van der Waals surface area (Å²) in [6, 6.07) is 2.24. The predicted molar refractivity (Wildman–Crippen MR) is 79.3 cm³/mol. The van der Waals surface area contributed by atoms with Gasteiger partial charge in [-0.1, -0.05) is 0 Å². The second-order valence-corrected chi connectivity index (χ2v) is 8.65. The van der Waals surface area contributed by atoms with Crippen LogP contribution in [-0.2, 0) is 0 Å². The average molecular weight is 276 g/mol. The Kier molecular flexibility index (Phi) is 2.82. The van der Waals surface area contributed by atoms with E-state index in [9.17, 15) is 5.11 Å². The van der Waals surface area contributed by atoms with E-state index in [1.165, 1.54) is 47.4 Å². The van der Waals surface area contributed by atoms with Gasteiger partial charge < -0.3 is 5.11 Å². The molecule has 0 amide bonds. The van der Waals surface area contributed by atoms with Gasteiger partial charge in [0, 0.05) is 9.75 Å². The van der Waals surface area contributed by atoms with Crippen LogP contribution in [0.3, 0.4) is 0 Å². The van der Waals surface area contributed by atoms with Crippen LogP contribution in [0.5, 0.6) is 0 Å². The lowest BCUT2D eigenvalue weighted by molar-refractivity contribution is -0.0899. The molecule has 0 saturated heterocycles. The quantitative estimate of drug-likeness (QED) is 0.845. The molecule has 1 N–H and O–H groups in total. The monoisotopic (exact) mass is 276 g/mol. The van der Waals surface area contributed by atoms with E-state index in [-0.39, 0.29) is 6.10 Å². The summed E-state index contributed by atoms with van der Waals surface area (Å²) in [7, 11) is 0. The van der Waals surface area contributed by atoms with Gasteiger partial charge in [-0.05, 0) is 87.2 Å². The van der Waals surface area contributed by atoms with E-state index in [2.05, 4.69) is 19.9 Å². The second kappa shape index (κ2) is 4.33. The molecule has 1 heterocycles. The van der Waals surface area contributed by atoms with Crippen molar-refractivity contribution < 1.29 is 5.11 Å². The number of thiophene rings is 1. The van der Waals surface area contributed by atoms with E-state index >= 15 is 0 Å². The molecule has 0 aromatic carbocycles. The Hall–Kier alpha value is -0.340. The summed E-state index contributed by atoms with van der Waals surface area (Å²) in [5, 5.41) is 11.0. The molecule has 4 aliphatic carbocycles. The summed E-state index contributed by atoms with van der Waals surface area (Å²) in [6.45, 7) is 4.32. The molecule has 19 heavy (non-hydrogen) atoms. The number of hydrogen-bond acceptors (Lipinski definition) is 2. The van der Waals surface area contributed by atoms with Crippen LogP contribution in [0.15, 0.2) is 6.07 Å². The molecule has 5 rings (SSSR count). The Morgan fingerprint density at radius 2 is 1.63 bits per heavy atom. The van der Waals surface area contributed by atoms with Gasteiger partial charge >= 0.3 is 0 Å². The number of aliphatic hydroxyl groups is 1. The molecule has 1 atom stereocenters. The summed E-state index contributed by atoms with van der Waals surface area (Å²) in [5.74, 6) is 4.18. The molecular formula is C17H24OS. The fourth-order valence-electron chi connectivity index (χ4n) is 5.61. The fraction of sp³-hybridized carbons (Fsp3) is 0.765. The topological polar surface area (TPSA) is 20.2 Å². The summed E-state index contributed by atoms with van der Waals surface area (Å²) < 4.78 is 0. The van der Waals surface area contributed by atoms with Crippen molar-refractivity contribution in [1.29, 1.82) is 0 Å². The Morgan fingerprint density at radius 1 is 1.05 bits per heavy atom. The van der Waals surface area contributed by atoms with Crippen LogP contribution < -0.4 is 0 Å². The lowest BCUT2D eigenvalue weighted by Gasteiger charge is -2.55. The van der Waals surface area contributed by atoms with Gasteiger partial charge in [-0.25, -0.2) is 0 Å². The number of rotatable bonds is 2. The molecule has 4 aliphatic rings. The third-order valence-corrected chi connectivity index (χ3v) is 7.24. The molecule has 2 heteroatoms. The van der Waals surface area contributed by atoms with Gasteiger partial charge in [0.05, 0.1) is 6.10 Å². The minimum Gasteiger partial charge on any atom is -0.387 e. The first-order valence-corrected chi connectivity index (χ1v) is 8.68. The third-order valence-electron chi connectivity index (χ3n) is 6.01. The van der Waals surface area contributed by atoms with Crippen LogP contribution >= 0.6 is 11.3 Å². The standard InChI is InChI=1S/C17H24OS/c1-9-3-10(2)19-17(9)16(18)15-13-5-11-4-12(7-13)8-14(15)6-11/h3,11-16,18H,4-8H2,1-2H3. The number of aryl methyl sites for hydroxylation is 2. The van der Waals surface area contributed by atoms with E-state index in [0.29, 0.717) is 5.92 Å². The van der Waals surface area contributed by atoms with Crippen molar-refractivity contribution in [3.8, 4) is 0 Å². The van der Waals surface area contributed by atoms with Crippen molar-refractivity contribution in [2.24, 2.45) is 29.6 Å². The fourth-order valence-corrected chi connectivity index (χ4v) is 6.69. The summed E-state index contributed by atoms with van der Waals surface area (Å²) in [4.78, 5) is 2.60. The highest BCUT2D eigenvalue weighted by molar-refractivity contribution is 7.12. The maximum Gasteiger partial charge on any atom is 0.0918 e. The zero-order valence-electron chi connectivity index (χ0n) is 11.9. The molecular weight excluding hydrogens is 252 g/mol. The van der Waals surface area contributed by atoms with Gasteiger partial charge in [-0.3, -0.25) is 0 Å². The smallest absolute Gasteiger partial charge is 0.0918 e. The van der Waals surface area contributed by atoms with Crippen LogP contribution in [0.1, 0.15) is 53.5 Å². The lowest BCUT2D eigenvalue weighted by Crippen LogP contribution is -2.47. The van der Waals surface area contributed by atoms with Crippen LogP contribution in [0.2, 0.25) is 0 Å². The largest absolute Gasteiger partial charge is 0.387 e. The molecule has 1 unspecified atom stereocenters. The highest BCUT2D eigenvalue weighted by Gasteiger charge is 2.50. The molecule has 4 bridgehead atoms. The zero-order valence-corrected chi connectivity index (χ0v) is 12.7. The highest BCUT2D eigenvalue weighted by atomic mass is 32.1. The van der Waals surface area contributed by atoms with E-state index in [1.807, 2.05) is 11.3 Å². The first-order valence-electron chi connectivity index (χ1n) is 7.86. The predicted octanol–water partition coefficient (Wildman–Crippen LogP) is 4.47. The van der Waals surface area contributed by atoms with E-state index in [0.717, 1.165) is 23.7 Å². The second-order valence-electron chi connectivity index (χ2n) is 7.36.